The lowest BCUT2D eigenvalue weighted by Gasteiger charge is -2.32. The minimum Gasteiger partial charge on any atom is -0.332 e. The summed E-state index contributed by atoms with van der Waals surface area (Å²) >= 11 is 1.51. The van der Waals surface area contributed by atoms with Crippen LogP contribution in [-0.4, -0.2) is 27.1 Å². The molecule has 1 aliphatic heterocycles. The Morgan fingerprint density at radius 2 is 2.12 bits per heavy atom. The van der Waals surface area contributed by atoms with Crippen LogP contribution in [0.1, 0.15) is 52.3 Å². The number of fused-ring (bicyclic) bond motifs is 2. The van der Waals surface area contributed by atoms with Gasteiger partial charge in [-0.25, -0.2) is 0 Å². The van der Waals surface area contributed by atoms with Gasteiger partial charge in [-0.3, -0.25) is 9.48 Å². The van der Waals surface area contributed by atoms with Gasteiger partial charge < -0.3 is 10.6 Å². The molecule has 6 heteroatoms. The molecule has 1 aromatic carbocycles. The van der Waals surface area contributed by atoms with Crippen LogP contribution in [0.4, 0.5) is 0 Å². The largest absolute Gasteiger partial charge is 0.332 e. The lowest BCUT2D eigenvalue weighted by Crippen LogP contribution is -2.40. The van der Waals surface area contributed by atoms with Crippen LogP contribution in [-0.2, 0) is 13.6 Å². The molecule has 1 amide bonds. The van der Waals surface area contributed by atoms with Gasteiger partial charge >= 0.3 is 0 Å². The van der Waals surface area contributed by atoms with E-state index in [2.05, 4.69) is 31.1 Å². The molecule has 2 N–H and O–H groups in total. The van der Waals surface area contributed by atoms with Gasteiger partial charge in [0.1, 0.15) is 4.83 Å². The van der Waals surface area contributed by atoms with Crippen molar-refractivity contribution in [3.05, 3.63) is 52.0 Å². The van der Waals surface area contributed by atoms with Crippen LogP contribution >= 0.6 is 11.3 Å². The van der Waals surface area contributed by atoms with E-state index in [-0.39, 0.29) is 11.9 Å². The Hall–Kier alpha value is -2.18. The predicted octanol–water partition coefficient (Wildman–Crippen LogP) is 3.41. The number of thiophene rings is 1. The highest BCUT2D eigenvalue weighted by atomic mass is 32.1. The lowest BCUT2D eigenvalue weighted by molar-refractivity contribution is 0.0723. The van der Waals surface area contributed by atoms with Crippen LogP contribution in [0.5, 0.6) is 0 Å². The molecule has 1 aliphatic rings. The monoisotopic (exact) mass is 354 g/mol. The third-order valence-corrected chi connectivity index (χ3v) is 6.01. The zero-order valence-corrected chi connectivity index (χ0v) is 15.5. The number of nitrogens with zero attached hydrogens (tertiary/aromatic N) is 3. The summed E-state index contributed by atoms with van der Waals surface area (Å²) in [7, 11) is 1.94. The SMILES string of the molecule is CC(C)c1nn(C)c2sc(C(=O)N3Cc4ccccc4C(N)C3)cc12. The zero-order valence-electron chi connectivity index (χ0n) is 14.7. The number of hydrogen-bond acceptors (Lipinski definition) is 4. The van der Waals surface area contributed by atoms with Crippen molar-refractivity contribution in [2.45, 2.75) is 32.4 Å². The fraction of sp³-hybridized carbons (Fsp3) is 0.368. The average Bonchev–Trinajstić information content (AvgIpc) is 3.15. The molecule has 0 saturated carbocycles. The number of aromatic nitrogens is 2. The molecule has 3 aromatic rings. The first-order chi connectivity index (χ1) is 12.0. The molecular weight excluding hydrogens is 332 g/mol. The third kappa shape index (κ3) is 2.65. The minimum absolute atomic E-state index is 0.0564. The molecule has 4 rings (SSSR count). The Morgan fingerprint density at radius 1 is 1.36 bits per heavy atom. The molecule has 0 saturated heterocycles. The first kappa shape index (κ1) is 16.3. The van der Waals surface area contributed by atoms with E-state index >= 15 is 0 Å². The highest BCUT2D eigenvalue weighted by Gasteiger charge is 2.28. The van der Waals surface area contributed by atoms with Crippen molar-refractivity contribution in [3.8, 4) is 0 Å². The van der Waals surface area contributed by atoms with Gasteiger partial charge in [0.25, 0.3) is 5.91 Å². The molecular formula is C19H22N4OS. The quantitative estimate of drug-likeness (QED) is 0.767. The van der Waals surface area contributed by atoms with E-state index < -0.39 is 0 Å². The molecule has 1 unspecified atom stereocenters. The summed E-state index contributed by atoms with van der Waals surface area (Å²) in [5, 5.41) is 5.68. The highest BCUT2D eigenvalue weighted by molar-refractivity contribution is 7.20. The smallest absolute Gasteiger partial charge is 0.264 e. The maximum atomic E-state index is 13.1. The summed E-state index contributed by atoms with van der Waals surface area (Å²) in [5.74, 6) is 0.386. The molecule has 0 spiro atoms. The van der Waals surface area contributed by atoms with E-state index in [1.54, 1.807) is 0 Å². The fourth-order valence-electron chi connectivity index (χ4n) is 3.55. The summed E-state index contributed by atoms with van der Waals surface area (Å²) in [6.45, 7) is 5.43. The second kappa shape index (κ2) is 5.97. The number of nitrogens with two attached hydrogens (primary N) is 1. The molecule has 0 radical (unpaired) electrons. The Kier molecular flexibility index (Phi) is 3.89. The first-order valence-corrected chi connectivity index (χ1v) is 9.36. The van der Waals surface area contributed by atoms with Crippen molar-refractivity contribution in [3.63, 3.8) is 0 Å². The summed E-state index contributed by atoms with van der Waals surface area (Å²) in [5.41, 5.74) is 9.63. The number of carbonyl (C=O) groups is 1. The van der Waals surface area contributed by atoms with E-state index in [4.69, 9.17) is 5.73 Å². The van der Waals surface area contributed by atoms with Crippen LogP contribution in [0, 0.1) is 0 Å². The number of hydrogen-bond donors (Lipinski definition) is 1. The second-order valence-electron chi connectivity index (χ2n) is 6.98. The second-order valence-corrected chi connectivity index (χ2v) is 8.01. The number of rotatable bonds is 2. The van der Waals surface area contributed by atoms with Crippen LogP contribution in [0.2, 0.25) is 0 Å². The van der Waals surface area contributed by atoms with Gasteiger partial charge in [0.05, 0.1) is 10.6 Å². The van der Waals surface area contributed by atoms with Gasteiger partial charge in [0, 0.05) is 31.6 Å². The Balaban J connectivity index is 1.68. The van der Waals surface area contributed by atoms with Crippen LogP contribution in [0.15, 0.2) is 30.3 Å². The summed E-state index contributed by atoms with van der Waals surface area (Å²) < 4.78 is 1.88. The summed E-state index contributed by atoms with van der Waals surface area (Å²) in [6, 6.07) is 9.98. The number of aryl methyl sites for hydroxylation is 1. The molecule has 3 heterocycles. The third-order valence-electron chi connectivity index (χ3n) is 4.82. The summed E-state index contributed by atoms with van der Waals surface area (Å²) in [4.78, 5) is 16.7. The van der Waals surface area contributed by atoms with Gasteiger partial charge in [-0.1, -0.05) is 38.1 Å². The van der Waals surface area contributed by atoms with Crippen molar-refractivity contribution in [2.75, 3.05) is 6.54 Å². The van der Waals surface area contributed by atoms with Gasteiger partial charge in [0.15, 0.2) is 0 Å². The molecule has 0 fully saturated rings. The molecule has 5 nitrogen and oxygen atoms in total. The van der Waals surface area contributed by atoms with Crippen LogP contribution in [0.25, 0.3) is 10.2 Å². The van der Waals surface area contributed by atoms with Crippen molar-refractivity contribution in [1.82, 2.24) is 14.7 Å². The minimum atomic E-state index is -0.129. The fourth-order valence-corrected chi connectivity index (χ4v) is 4.60. The van der Waals surface area contributed by atoms with E-state index in [0.29, 0.717) is 19.0 Å². The molecule has 2 aromatic heterocycles. The Morgan fingerprint density at radius 3 is 2.88 bits per heavy atom. The maximum absolute atomic E-state index is 13.1. The van der Waals surface area contributed by atoms with E-state index in [0.717, 1.165) is 31.9 Å². The van der Waals surface area contributed by atoms with Gasteiger partial charge in [-0.15, -0.1) is 11.3 Å². The predicted molar refractivity (Wildman–Crippen MR) is 101 cm³/mol. The number of amides is 1. The highest BCUT2D eigenvalue weighted by Crippen LogP contribution is 2.33. The van der Waals surface area contributed by atoms with E-state index in [9.17, 15) is 4.79 Å². The van der Waals surface area contributed by atoms with E-state index in [1.807, 2.05) is 34.8 Å². The van der Waals surface area contributed by atoms with Crippen molar-refractivity contribution < 1.29 is 4.79 Å². The zero-order chi connectivity index (χ0) is 17.7. The van der Waals surface area contributed by atoms with Gasteiger partial charge in [0.2, 0.25) is 0 Å². The average molecular weight is 354 g/mol. The lowest BCUT2D eigenvalue weighted by atomic mass is 9.96. The standard InChI is InChI=1S/C19H22N4OS/c1-11(2)17-14-8-16(25-19(14)22(3)21-17)18(24)23-9-12-6-4-5-7-13(12)15(20)10-23/h4-8,11,15H,9-10,20H2,1-3H3. The van der Waals surface area contributed by atoms with Gasteiger partial charge in [-0.05, 0) is 23.1 Å². The normalized spacial score (nSPS) is 17.3. The molecule has 1 atom stereocenters. The molecule has 25 heavy (non-hydrogen) atoms. The first-order valence-electron chi connectivity index (χ1n) is 8.54. The van der Waals surface area contributed by atoms with Crippen molar-refractivity contribution in [2.24, 2.45) is 12.8 Å². The maximum Gasteiger partial charge on any atom is 0.264 e. The molecule has 0 bridgehead atoms. The Bertz CT molecular complexity index is 956. The van der Waals surface area contributed by atoms with Crippen molar-refractivity contribution in [1.29, 1.82) is 0 Å². The Labute approximate surface area is 151 Å². The number of carbonyl (C=O) groups excluding carboxylic acids is 1. The van der Waals surface area contributed by atoms with Crippen LogP contribution < -0.4 is 5.73 Å². The topological polar surface area (TPSA) is 64.2 Å². The van der Waals surface area contributed by atoms with Crippen molar-refractivity contribution >= 4 is 27.5 Å². The summed E-state index contributed by atoms with van der Waals surface area (Å²) in [6.07, 6.45) is 0. The molecule has 130 valence electrons. The van der Waals surface area contributed by atoms with Crippen LogP contribution in [0.3, 0.4) is 0 Å². The number of benzene rings is 1. The molecule has 0 aliphatic carbocycles. The van der Waals surface area contributed by atoms with Gasteiger partial charge in [-0.2, -0.15) is 5.10 Å². The van der Waals surface area contributed by atoms with E-state index in [1.165, 1.54) is 11.3 Å².